The second-order valence-electron chi connectivity index (χ2n) is 6.52. The van der Waals surface area contributed by atoms with Gasteiger partial charge in [0, 0.05) is 30.4 Å². The van der Waals surface area contributed by atoms with Gasteiger partial charge in [-0.2, -0.15) is 0 Å². The molecule has 3 rings (SSSR count). The standard InChI is InChI=1S/C19H22FN3O3S/c1-21-17-5-3-11-23(13-17)19(24)14-4-2-6-18(12-14)27(25,26)22-16-9-7-15(20)8-10-16/h2,4,6-10,12,17,21-22H,3,5,11,13H2,1H3. The van der Waals surface area contributed by atoms with Gasteiger partial charge in [0.2, 0.25) is 0 Å². The summed E-state index contributed by atoms with van der Waals surface area (Å²) in [6.45, 7) is 1.25. The van der Waals surface area contributed by atoms with Crippen molar-refractivity contribution in [2.24, 2.45) is 0 Å². The maximum atomic E-state index is 13.0. The fraction of sp³-hybridized carbons (Fsp3) is 0.316. The molecule has 1 aliphatic heterocycles. The molecule has 0 aromatic heterocycles. The Hall–Kier alpha value is -2.45. The number of likely N-dealkylation sites (tertiary alicyclic amines) is 1. The Morgan fingerprint density at radius 1 is 1.19 bits per heavy atom. The molecule has 8 heteroatoms. The van der Waals surface area contributed by atoms with E-state index in [1.807, 2.05) is 7.05 Å². The molecule has 2 N–H and O–H groups in total. The van der Waals surface area contributed by atoms with Crippen LogP contribution in [0.3, 0.4) is 0 Å². The van der Waals surface area contributed by atoms with Crippen molar-refractivity contribution < 1.29 is 17.6 Å². The van der Waals surface area contributed by atoms with Crippen LogP contribution in [0, 0.1) is 5.82 Å². The molecule has 1 aliphatic rings. The quantitative estimate of drug-likeness (QED) is 0.821. The Kier molecular flexibility index (Phi) is 5.76. The summed E-state index contributed by atoms with van der Waals surface area (Å²) in [5.41, 5.74) is 0.578. The number of amides is 1. The highest BCUT2D eigenvalue weighted by atomic mass is 32.2. The van der Waals surface area contributed by atoms with Crippen LogP contribution < -0.4 is 10.0 Å². The number of nitrogens with zero attached hydrogens (tertiary/aromatic N) is 1. The molecule has 0 saturated carbocycles. The van der Waals surface area contributed by atoms with Crippen molar-refractivity contribution in [3.05, 3.63) is 59.9 Å². The summed E-state index contributed by atoms with van der Waals surface area (Å²) in [7, 11) is -2.02. The molecule has 1 heterocycles. The highest BCUT2D eigenvalue weighted by Gasteiger charge is 2.24. The van der Waals surface area contributed by atoms with Gasteiger partial charge in [-0.1, -0.05) is 6.07 Å². The molecule has 1 saturated heterocycles. The third-order valence-electron chi connectivity index (χ3n) is 4.60. The lowest BCUT2D eigenvalue weighted by Crippen LogP contribution is -2.47. The summed E-state index contributed by atoms with van der Waals surface area (Å²) in [6.07, 6.45) is 1.91. The van der Waals surface area contributed by atoms with E-state index in [-0.39, 0.29) is 22.5 Å². The predicted octanol–water partition coefficient (Wildman–Crippen LogP) is 2.45. The molecule has 27 heavy (non-hydrogen) atoms. The number of benzene rings is 2. The van der Waals surface area contributed by atoms with Gasteiger partial charge in [-0.05, 0) is 62.4 Å². The molecule has 2 aromatic carbocycles. The van der Waals surface area contributed by atoms with Crippen molar-refractivity contribution >= 4 is 21.6 Å². The molecule has 1 atom stereocenters. The average Bonchev–Trinajstić information content (AvgIpc) is 2.69. The first-order valence-corrected chi connectivity index (χ1v) is 10.2. The summed E-state index contributed by atoms with van der Waals surface area (Å²) in [6, 6.07) is 11.2. The highest BCUT2D eigenvalue weighted by Crippen LogP contribution is 2.20. The van der Waals surface area contributed by atoms with Crippen molar-refractivity contribution in [3.63, 3.8) is 0 Å². The number of hydrogen-bond acceptors (Lipinski definition) is 4. The summed E-state index contributed by atoms with van der Waals surface area (Å²) in [5.74, 6) is -0.638. The van der Waals surface area contributed by atoms with Crippen LogP contribution in [0.1, 0.15) is 23.2 Å². The lowest BCUT2D eigenvalue weighted by Gasteiger charge is -2.32. The number of anilines is 1. The van der Waals surface area contributed by atoms with Gasteiger partial charge in [0.25, 0.3) is 15.9 Å². The van der Waals surface area contributed by atoms with Gasteiger partial charge in [-0.25, -0.2) is 12.8 Å². The van der Waals surface area contributed by atoms with E-state index >= 15 is 0 Å². The van der Waals surface area contributed by atoms with Crippen molar-refractivity contribution in [1.82, 2.24) is 10.2 Å². The summed E-state index contributed by atoms with van der Waals surface area (Å²) >= 11 is 0. The second kappa shape index (κ2) is 8.06. The normalized spacial score (nSPS) is 17.6. The van der Waals surface area contributed by atoms with Gasteiger partial charge in [0.1, 0.15) is 5.82 Å². The Labute approximate surface area is 158 Å². The molecule has 6 nitrogen and oxygen atoms in total. The minimum atomic E-state index is -3.88. The first kappa shape index (κ1) is 19.3. The highest BCUT2D eigenvalue weighted by molar-refractivity contribution is 7.92. The van der Waals surface area contributed by atoms with Crippen LogP contribution in [0.15, 0.2) is 53.4 Å². The average molecular weight is 391 g/mol. The number of carbonyl (C=O) groups is 1. The molecule has 2 aromatic rings. The minimum Gasteiger partial charge on any atom is -0.337 e. The monoisotopic (exact) mass is 391 g/mol. The molecular formula is C19H22FN3O3S. The maximum absolute atomic E-state index is 13.0. The summed E-state index contributed by atoms with van der Waals surface area (Å²) in [4.78, 5) is 14.5. The smallest absolute Gasteiger partial charge is 0.261 e. The third-order valence-corrected chi connectivity index (χ3v) is 5.98. The Morgan fingerprint density at radius 2 is 1.93 bits per heavy atom. The van der Waals surface area contributed by atoms with Crippen LogP contribution in [0.25, 0.3) is 0 Å². The maximum Gasteiger partial charge on any atom is 0.261 e. The SMILES string of the molecule is CNC1CCCN(C(=O)c2cccc(S(=O)(=O)Nc3ccc(F)cc3)c2)C1. The van der Waals surface area contributed by atoms with Crippen LogP contribution in [0.2, 0.25) is 0 Å². The Morgan fingerprint density at radius 3 is 2.63 bits per heavy atom. The fourth-order valence-electron chi connectivity index (χ4n) is 3.11. The van der Waals surface area contributed by atoms with E-state index in [1.54, 1.807) is 17.0 Å². The lowest BCUT2D eigenvalue weighted by molar-refractivity contribution is 0.0698. The first-order valence-electron chi connectivity index (χ1n) is 8.74. The Balaban J connectivity index is 1.79. The molecular weight excluding hydrogens is 369 g/mol. The van der Waals surface area contributed by atoms with Gasteiger partial charge in [-0.15, -0.1) is 0 Å². The molecule has 0 spiro atoms. The van der Waals surface area contributed by atoms with Crippen LogP contribution in [-0.2, 0) is 10.0 Å². The zero-order chi connectivity index (χ0) is 19.4. The van der Waals surface area contributed by atoms with E-state index in [0.29, 0.717) is 18.7 Å². The number of nitrogens with one attached hydrogen (secondary N) is 2. The topological polar surface area (TPSA) is 78.5 Å². The number of halogens is 1. The number of piperidine rings is 1. The van der Waals surface area contributed by atoms with Crippen molar-refractivity contribution in [1.29, 1.82) is 0 Å². The van der Waals surface area contributed by atoms with Gasteiger partial charge in [0.15, 0.2) is 0 Å². The van der Waals surface area contributed by atoms with Gasteiger partial charge < -0.3 is 10.2 Å². The molecule has 1 unspecified atom stereocenters. The number of carbonyl (C=O) groups excluding carboxylic acids is 1. The first-order chi connectivity index (χ1) is 12.9. The largest absolute Gasteiger partial charge is 0.337 e. The number of sulfonamides is 1. The van der Waals surface area contributed by atoms with Crippen molar-refractivity contribution in [2.75, 3.05) is 24.9 Å². The molecule has 0 radical (unpaired) electrons. The summed E-state index contributed by atoms with van der Waals surface area (Å²) in [5, 5.41) is 3.18. The molecule has 1 amide bonds. The third kappa shape index (κ3) is 4.64. The Bertz CT molecular complexity index is 916. The molecule has 0 bridgehead atoms. The van der Waals surface area contributed by atoms with E-state index in [1.165, 1.54) is 36.4 Å². The molecule has 0 aliphatic carbocycles. The number of likely N-dealkylation sites (N-methyl/N-ethyl adjacent to an activating group) is 1. The van der Waals surface area contributed by atoms with E-state index in [0.717, 1.165) is 12.8 Å². The van der Waals surface area contributed by atoms with E-state index in [9.17, 15) is 17.6 Å². The molecule has 1 fully saturated rings. The van der Waals surface area contributed by atoms with Crippen molar-refractivity contribution in [3.8, 4) is 0 Å². The van der Waals surface area contributed by atoms with Gasteiger partial charge in [-0.3, -0.25) is 9.52 Å². The fourth-order valence-corrected chi connectivity index (χ4v) is 4.21. The minimum absolute atomic E-state index is 0.0140. The van der Waals surface area contributed by atoms with Crippen LogP contribution in [0.5, 0.6) is 0 Å². The van der Waals surface area contributed by atoms with E-state index in [2.05, 4.69) is 10.0 Å². The molecule has 144 valence electrons. The van der Waals surface area contributed by atoms with Gasteiger partial charge in [0.05, 0.1) is 4.90 Å². The van der Waals surface area contributed by atoms with E-state index in [4.69, 9.17) is 0 Å². The zero-order valence-electron chi connectivity index (χ0n) is 15.0. The predicted molar refractivity (Wildman–Crippen MR) is 102 cm³/mol. The van der Waals surface area contributed by atoms with Crippen LogP contribution in [0.4, 0.5) is 10.1 Å². The van der Waals surface area contributed by atoms with Crippen LogP contribution >= 0.6 is 0 Å². The second-order valence-corrected chi connectivity index (χ2v) is 8.20. The zero-order valence-corrected chi connectivity index (χ0v) is 15.8. The summed E-state index contributed by atoms with van der Waals surface area (Å²) < 4.78 is 40.6. The number of hydrogen-bond donors (Lipinski definition) is 2. The lowest BCUT2D eigenvalue weighted by atomic mass is 10.0. The van der Waals surface area contributed by atoms with E-state index < -0.39 is 15.8 Å². The number of rotatable bonds is 5. The van der Waals surface area contributed by atoms with Crippen molar-refractivity contribution in [2.45, 2.75) is 23.8 Å². The van der Waals surface area contributed by atoms with Gasteiger partial charge >= 0.3 is 0 Å². The van der Waals surface area contributed by atoms with Crippen LogP contribution in [-0.4, -0.2) is 45.4 Å².